The molecule has 0 aliphatic heterocycles. The first-order chi connectivity index (χ1) is 8.02. The lowest BCUT2D eigenvalue weighted by Gasteiger charge is -2.38. The van der Waals surface area contributed by atoms with Gasteiger partial charge in [0.25, 0.3) is 5.91 Å². The van der Waals surface area contributed by atoms with Crippen molar-refractivity contribution >= 4 is 5.91 Å². The molecular weight excluding hydrogens is 226 g/mol. The maximum atomic E-state index is 13.3. The Morgan fingerprint density at radius 1 is 1.35 bits per heavy atom. The first-order valence-corrected chi connectivity index (χ1v) is 5.53. The number of halogens is 2. The zero-order chi connectivity index (χ0) is 12.5. The number of hydrogen-bond donors (Lipinski definition) is 2. The fourth-order valence-electron chi connectivity index (χ4n) is 1.87. The Bertz CT molecular complexity index is 424. The van der Waals surface area contributed by atoms with Gasteiger partial charge in [0.15, 0.2) is 0 Å². The average molecular weight is 240 g/mol. The van der Waals surface area contributed by atoms with Crippen molar-refractivity contribution in [3.8, 4) is 0 Å². The monoisotopic (exact) mass is 240 g/mol. The van der Waals surface area contributed by atoms with E-state index < -0.39 is 28.6 Å². The normalized spacial score (nSPS) is 17.4. The van der Waals surface area contributed by atoms with Gasteiger partial charge < -0.3 is 11.1 Å². The van der Waals surface area contributed by atoms with Crippen LogP contribution in [0.1, 0.15) is 29.6 Å². The number of amides is 1. The lowest BCUT2D eigenvalue weighted by atomic mass is 9.78. The van der Waals surface area contributed by atoms with Crippen LogP contribution in [0.15, 0.2) is 18.2 Å². The van der Waals surface area contributed by atoms with Crippen molar-refractivity contribution in [2.24, 2.45) is 5.73 Å². The van der Waals surface area contributed by atoms with Crippen LogP contribution >= 0.6 is 0 Å². The van der Waals surface area contributed by atoms with Crippen molar-refractivity contribution in [3.05, 3.63) is 35.4 Å². The van der Waals surface area contributed by atoms with Crippen LogP contribution in [0.3, 0.4) is 0 Å². The second kappa shape index (κ2) is 4.41. The highest BCUT2D eigenvalue weighted by Crippen LogP contribution is 2.28. The third kappa shape index (κ3) is 2.44. The van der Waals surface area contributed by atoms with Gasteiger partial charge in [-0.15, -0.1) is 0 Å². The SMILES string of the molecule is NC1(CNC(=O)c2c(F)cccc2F)CCC1. The Morgan fingerprint density at radius 3 is 2.41 bits per heavy atom. The molecule has 0 atom stereocenters. The molecule has 5 heteroatoms. The van der Waals surface area contributed by atoms with E-state index in [1.807, 2.05) is 0 Å². The molecule has 3 nitrogen and oxygen atoms in total. The molecule has 0 heterocycles. The summed E-state index contributed by atoms with van der Waals surface area (Å²) in [6.07, 6.45) is 2.68. The van der Waals surface area contributed by atoms with Crippen LogP contribution < -0.4 is 11.1 Å². The summed E-state index contributed by atoms with van der Waals surface area (Å²) >= 11 is 0. The number of rotatable bonds is 3. The average Bonchev–Trinajstić information content (AvgIpc) is 2.23. The van der Waals surface area contributed by atoms with Crippen LogP contribution in [-0.4, -0.2) is 18.0 Å². The van der Waals surface area contributed by atoms with E-state index in [2.05, 4.69) is 5.32 Å². The van der Waals surface area contributed by atoms with Gasteiger partial charge in [0.2, 0.25) is 0 Å². The molecule has 0 unspecified atom stereocenters. The van der Waals surface area contributed by atoms with E-state index in [1.54, 1.807) is 0 Å². The van der Waals surface area contributed by atoms with Crippen molar-refractivity contribution in [1.82, 2.24) is 5.32 Å². The van der Waals surface area contributed by atoms with Gasteiger partial charge in [0.05, 0.1) is 0 Å². The zero-order valence-electron chi connectivity index (χ0n) is 9.30. The van der Waals surface area contributed by atoms with E-state index in [1.165, 1.54) is 6.07 Å². The van der Waals surface area contributed by atoms with Crippen molar-refractivity contribution in [2.75, 3.05) is 6.54 Å². The Balaban J connectivity index is 2.04. The van der Waals surface area contributed by atoms with Gasteiger partial charge in [0.1, 0.15) is 17.2 Å². The molecule has 1 fully saturated rings. The standard InChI is InChI=1S/C12H14F2N2O/c13-8-3-1-4-9(14)10(8)11(17)16-7-12(15)5-2-6-12/h1,3-4H,2,5-7,15H2,(H,16,17). The molecule has 1 aromatic carbocycles. The van der Waals surface area contributed by atoms with Crippen molar-refractivity contribution < 1.29 is 13.6 Å². The van der Waals surface area contributed by atoms with Gasteiger partial charge >= 0.3 is 0 Å². The van der Waals surface area contributed by atoms with Crippen molar-refractivity contribution in [1.29, 1.82) is 0 Å². The molecule has 1 aliphatic carbocycles. The van der Waals surface area contributed by atoms with E-state index in [0.29, 0.717) is 0 Å². The highest BCUT2D eigenvalue weighted by molar-refractivity contribution is 5.94. The number of carbonyl (C=O) groups is 1. The molecule has 0 spiro atoms. The third-order valence-corrected chi connectivity index (χ3v) is 3.14. The molecule has 1 amide bonds. The minimum absolute atomic E-state index is 0.250. The predicted molar refractivity (Wildman–Crippen MR) is 59.5 cm³/mol. The Hall–Kier alpha value is -1.49. The zero-order valence-corrected chi connectivity index (χ0v) is 9.30. The molecule has 0 radical (unpaired) electrons. The van der Waals surface area contributed by atoms with Gasteiger partial charge in [-0.2, -0.15) is 0 Å². The lowest BCUT2D eigenvalue weighted by molar-refractivity contribution is 0.0921. The Labute approximate surface area is 98.0 Å². The Kier molecular flexibility index (Phi) is 3.11. The van der Waals surface area contributed by atoms with Gasteiger partial charge in [-0.1, -0.05) is 6.07 Å². The summed E-state index contributed by atoms with van der Waals surface area (Å²) < 4.78 is 26.6. The fourth-order valence-corrected chi connectivity index (χ4v) is 1.87. The van der Waals surface area contributed by atoms with Crippen LogP contribution in [0.2, 0.25) is 0 Å². The smallest absolute Gasteiger partial charge is 0.257 e. The first kappa shape index (κ1) is 12.0. The van der Waals surface area contributed by atoms with Gasteiger partial charge in [-0.25, -0.2) is 8.78 Å². The van der Waals surface area contributed by atoms with Crippen LogP contribution in [0.25, 0.3) is 0 Å². The Morgan fingerprint density at radius 2 is 1.94 bits per heavy atom. The maximum Gasteiger partial charge on any atom is 0.257 e. The molecule has 1 aliphatic rings. The van der Waals surface area contributed by atoms with Gasteiger partial charge in [0, 0.05) is 12.1 Å². The van der Waals surface area contributed by atoms with E-state index in [-0.39, 0.29) is 6.54 Å². The molecule has 0 aromatic heterocycles. The van der Waals surface area contributed by atoms with Gasteiger partial charge in [-0.05, 0) is 31.4 Å². The van der Waals surface area contributed by atoms with Crippen LogP contribution in [0.5, 0.6) is 0 Å². The molecule has 1 saturated carbocycles. The summed E-state index contributed by atoms with van der Waals surface area (Å²) in [5.41, 5.74) is 4.95. The molecule has 92 valence electrons. The molecule has 3 N–H and O–H groups in total. The molecule has 0 saturated heterocycles. The topological polar surface area (TPSA) is 55.1 Å². The molecular formula is C12H14F2N2O. The maximum absolute atomic E-state index is 13.3. The van der Waals surface area contributed by atoms with Crippen LogP contribution in [0, 0.1) is 11.6 Å². The minimum atomic E-state index is -0.859. The van der Waals surface area contributed by atoms with E-state index in [4.69, 9.17) is 5.73 Å². The van der Waals surface area contributed by atoms with Crippen molar-refractivity contribution in [3.63, 3.8) is 0 Å². The highest BCUT2D eigenvalue weighted by atomic mass is 19.1. The van der Waals surface area contributed by atoms with Crippen LogP contribution in [0.4, 0.5) is 8.78 Å². The van der Waals surface area contributed by atoms with E-state index in [9.17, 15) is 13.6 Å². The summed E-state index contributed by atoms with van der Waals surface area (Å²) in [6, 6.07) is 3.33. The first-order valence-electron chi connectivity index (χ1n) is 5.53. The number of nitrogens with two attached hydrogens (primary N) is 1. The lowest BCUT2D eigenvalue weighted by Crippen LogP contribution is -2.55. The summed E-state index contributed by atoms with van der Waals surface area (Å²) in [4.78, 5) is 11.6. The molecule has 2 rings (SSSR count). The fraction of sp³-hybridized carbons (Fsp3) is 0.417. The summed E-state index contributed by atoms with van der Waals surface area (Å²) in [5.74, 6) is -2.47. The number of nitrogens with one attached hydrogen (secondary N) is 1. The highest BCUT2D eigenvalue weighted by Gasteiger charge is 2.33. The molecule has 0 bridgehead atoms. The second-order valence-electron chi connectivity index (χ2n) is 4.50. The second-order valence-corrected chi connectivity index (χ2v) is 4.50. The summed E-state index contributed by atoms with van der Waals surface area (Å²) in [7, 11) is 0. The third-order valence-electron chi connectivity index (χ3n) is 3.14. The summed E-state index contributed by atoms with van der Waals surface area (Å²) in [5, 5.41) is 2.48. The summed E-state index contributed by atoms with van der Waals surface area (Å²) in [6.45, 7) is 0.250. The van der Waals surface area contributed by atoms with Crippen LogP contribution in [-0.2, 0) is 0 Å². The molecule has 1 aromatic rings. The largest absolute Gasteiger partial charge is 0.350 e. The number of benzene rings is 1. The van der Waals surface area contributed by atoms with Gasteiger partial charge in [-0.3, -0.25) is 4.79 Å². The van der Waals surface area contributed by atoms with E-state index in [0.717, 1.165) is 31.4 Å². The predicted octanol–water partition coefficient (Wildman–Crippen LogP) is 1.58. The van der Waals surface area contributed by atoms with Crippen molar-refractivity contribution in [2.45, 2.75) is 24.8 Å². The minimum Gasteiger partial charge on any atom is -0.350 e. The quantitative estimate of drug-likeness (QED) is 0.842. The number of carbonyl (C=O) groups excluding carboxylic acids is 1. The molecule has 17 heavy (non-hydrogen) atoms. The van der Waals surface area contributed by atoms with E-state index >= 15 is 0 Å². The number of hydrogen-bond acceptors (Lipinski definition) is 2.